The van der Waals surface area contributed by atoms with Gasteiger partial charge in [0.25, 0.3) is 0 Å². The summed E-state index contributed by atoms with van der Waals surface area (Å²) in [5.74, 6) is 1.32. The van der Waals surface area contributed by atoms with Crippen LogP contribution in [0.4, 0.5) is 0 Å². The van der Waals surface area contributed by atoms with E-state index in [2.05, 4.69) is 10.1 Å². The Labute approximate surface area is 130 Å². The molecule has 0 bridgehead atoms. The lowest BCUT2D eigenvalue weighted by molar-refractivity contribution is -0.130. The molecule has 7 heteroatoms. The van der Waals surface area contributed by atoms with Crippen molar-refractivity contribution in [2.75, 3.05) is 6.54 Å². The first-order chi connectivity index (χ1) is 9.64. The summed E-state index contributed by atoms with van der Waals surface area (Å²) < 4.78 is 5.42. The van der Waals surface area contributed by atoms with E-state index < -0.39 is 5.54 Å². The number of likely N-dealkylation sites (tertiary alicyclic amines) is 1. The van der Waals surface area contributed by atoms with E-state index in [1.807, 2.05) is 11.8 Å². The van der Waals surface area contributed by atoms with E-state index in [1.54, 1.807) is 0 Å². The SMILES string of the molecule is CCC(c1nc(C2(N)CCCC2)no1)N1CCCC1=O.Cl. The van der Waals surface area contributed by atoms with Gasteiger partial charge in [-0.1, -0.05) is 24.9 Å². The van der Waals surface area contributed by atoms with E-state index in [0.717, 1.165) is 45.1 Å². The van der Waals surface area contributed by atoms with Crippen LogP contribution in [-0.4, -0.2) is 27.5 Å². The largest absolute Gasteiger partial charge is 0.337 e. The predicted octanol–water partition coefficient (Wildman–Crippen LogP) is 2.29. The van der Waals surface area contributed by atoms with Crippen molar-refractivity contribution in [2.45, 2.75) is 63.5 Å². The lowest BCUT2D eigenvalue weighted by Crippen LogP contribution is -2.34. The van der Waals surface area contributed by atoms with Crippen LogP contribution in [0.2, 0.25) is 0 Å². The molecule has 1 aliphatic heterocycles. The van der Waals surface area contributed by atoms with Gasteiger partial charge < -0.3 is 15.2 Å². The molecule has 118 valence electrons. The van der Waals surface area contributed by atoms with Crippen LogP contribution < -0.4 is 5.73 Å². The van der Waals surface area contributed by atoms with Gasteiger partial charge in [-0.2, -0.15) is 4.98 Å². The minimum Gasteiger partial charge on any atom is -0.337 e. The number of hydrogen-bond donors (Lipinski definition) is 1. The Morgan fingerprint density at radius 3 is 2.67 bits per heavy atom. The Kier molecular flexibility index (Phi) is 4.88. The molecular formula is C14H23ClN4O2. The molecule has 1 amide bonds. The number of carbonyl (C=O) groups is 1. The molecule has 0 spiro atoms. The Balaban J connectivity index is 0.00000161. The molecular weight excluding hydrogens is 292 g/mol. The molecule has 1 aromatic heterocycles. The fourth-order valence-electron chi connectivity index (χ4n) is 3.33. The highest BCUT2D eigenvalue weighted by molar-refractivity contribution is 5.85. The third kappa shape index (κ3) is 2.92. The summed E-state index contributed by atoms with van der Waals surface area (Å²) in [6.07, 6.45) is 6.36. The van der Waals surface area contributed by atoms with Gasteiger partial charge in [-0.15, -0.1) is 12.4 Å². The van der Waals surface area contributed by atoms with Gasteiger partial charge in [-0.3, -0.25) is 4.79 Å². The smallest absolute Gasteiger partial charge is 0.249 e. The maximum Gasteiger partial charge on any atom is 0.249 e. The predicted molar refractivity (Wildman–Crippen MR) is 79.9 cm³/mol. The standard InChI is InChI=1S/C14H22N4O2.ClH/c1-2-10(18-9-5-6-11(18)19)12-16-13(17-20-12)14(15)7-3-4-8-14;/h10H,2-9,15H2,1H3;1H. The minimum absolute atomic E-state index is 0. The van der Waals surface area contributed by atoms with E-state index in [0.29, 0.717) is 18.1 Å². The van der Waals surface area contributed by atoms with Crippen LogP contribution in [-0.2, 0) is 10.3 Å². The molecule has 2 aliphatic rings. The molecule has 6 nitrogen and oxygen atoms in total. The highest BCUT2D eigenvalue weighted by Gasteiger charge is 2.38. The second-order valence-corrected chi connectivity index (χ2v) is 5.93. The van der Waals surface area contributed by atoms with Crippen LogP contribution in [0.5, 0.6) is 0 Å². The fourth-order valence-corrected chi connectivity index (χ4v) is 3.33. The summed E-state index contributed by atoms with van der Waals surface area (Å²) in [4.78, 5) is 18.3. The Morgan fingerprint density at radius 1 is 1.38 bits per heavy atom. The van der Waals surface area contributed by atoms with Gasteiger partial charge in [-0.05, 0) is 25.7 Å². The first-order valence-corrected chi connectivity index (χ1v) is 7.56. The van der Waals surface area contributed by atoms with Crippen LogP contribution >= 0.6 is 12.4 Å². The zero-order valence-corrected chi connectivity index (χ0v) is 13.2. The highest BCUT2D eigenvalue weighted by atomic mass is 35.5. The van der Waals surface area contributed by atoms with Gasteiger partial charge in [0.15, 0.2) is 5.82 Å². The Bertz CT molecular complexity index is 499. The fraction of sp³-hybridized carbons (Fsp3) is 0.786. The van der Waals surface area contributed by atoms with Gasteiger partial charge in [0.1, 0.15) is 6.04 Å². The minimum atomic E-state index is -0.435. The lowest BCUT2D eigenvalue weighted by Gasteiger charge is -2.23. The van der Waals surface area contributed by atoms with Gasteiger partial charge >= 0.3 is 0 Å². The highest BCUT2D eigenvalue weighted by Crippen LogP contribution is 2.36. The average Bonchev–Trinajstić information content (AvgIpc) is 3.14. The number of hydrogen-bond acceptors (Lipinski definition) is 5. The summed E-state index contributed by atoms with van der Waals surface area (Å²) in [6.45, 7) is 2.82. The number of carbonyl (C=O) groups excluding carboxylic acids is 1. The zero-order valence-electron chi connectivity index (χ0n) is 12.4. The van der Waals surface area contributed by atoms with Gasteiger partial charge in [0.05, 0.1) is 5.54 Å². The number of nitrogens with two attached hydrogens (primary N) is 1. The molecule has 1 saturated carbocycles. The van der Waals surface area contributed by atoms with Crippen LogP contribution in [0, 0.1) is 0 Å². The normalized spacial score (nSPS) is 22.4. The number of rotatable bonds is 4. The van der Waals surface area contributed by atoms with Crippen LogP contribution in [0.1, 0.15) is 69.6 Å². The molecule has 2 N–H and O–H groups in total. The number of halogens is 1. The molecule has 2 heterocycles. The second kappa shape index (κ2) is 6.32. The maximum absolute atomic E-state index is 11.9. The van der Waals surface area contributed by atoms with Crippen molar-refractivity contribution in [3.8, 4) is 0 Å². The molecule has 1 saturated heterocycles. The Morgan fingerprint density at radius 2 is 2.10 bits per heavy atom. The first kappa shape index (κ1) is 16.2. The lowest BCUT2D eigenvalue weighted by atomic mass is 9.98. The molecule has 1 aromatic rings. The number of amides is 1. The number of aromatic nitrogens is 2. The maximum atomic E-state index is 11.9. The van der Waals surface area contributed by atoms with Crippen LogP contribution in [0.25, 0.3) is 0 Å². The third-order valence-corrected chi connectivity index (χ3v) is 4.54. The van der Waals surface area contributed by atoms with E-state index in [-0.39, 0.29) is 24.4 Å². The number of nitrogens with zero attached hydrogens (tertiary/aromatic N) is 3. The molecule has 21 heavy (non-hydrogen) atoms. The second-order valence-electron chi connectivity index (χ2n) is 5.93. The molecule has 3 rings (SSSR count). The van der Waals surface area contributed by atoms with Crippen molar-refractivity contribution in [2.24, 2.45) is 5.73 Å². The van der Waals surface area contributed by atoms with Gasteiger partial charge in [-0.25, -0.2) is 0 Å². The van der Waals surface area contributed by atoms with E-state index >= 15 is 0 Å². The first-order valence-electron chi connectivity index (χ1n) is 7.56. The van der Waals surface area contributed by atoms with Crippen molar-refractivity contribution in [1.82, 2.24) is 15.0 Å². The summed E-state index contributed by atoms with van der Waals surface area (Å²) in [6, 6.07) is -0.101. The van der Waals surface area contributed by atoms with Crippen LogP contribution in [0.3, 0.4) is 0 Å². The summed E-state index contributed by atoms with van der Waals surface area (Å²) in [7, 11) is 0. The molecule has 1 aliphatic carbocycles. The molecule has 0 aromatic carbocycles. The van der Waals surface area contributed by atoms with E-state index in [1.165, 1.54) is 0 Å². The monoisotopic (exact) mass is 314 g/mol. The van der Waals surface area contributed by atoms with Gasteiger partial charge in [0, 0.05) is 13.0 Å². The molecule has 1 atom stereocenters. The topological polar surface area (TPSA) is 85.2 Å². The summed E-state index contributed by atoms with van der Waals surface area (Å²) >= 11 is 0. The van der Waals surface area contributed by atoms with Crippen LogP contribution in [0.15, 0.2) is 4.52 Å². The van der Waals surface area contributed by atoms with Crippen molar-refractivity contribution < 1.29 is 9.32 Å². The quantitative estimate of drug-likeness (QED) is 0.921. The van der Waals surface area contributed by atoms with Gasteiger partial charge in [0.2, 0.25) is 11.8 Å². The van der Waals surface area contributed by atoms with Crippen molar-refractivity contribution in [1.29, 1.82) is 0 Å². The average molecular weight is 315 g/mol. The summed E-state index contributed by atoms with van der Waals surface area (Å²) in [5, 5.41) is 4.09. The van der Waals surface area contributed by atoms with E-state index in [4.69, 9.17) is 10.3 Å². The molecule has 0 radical (unpaired) electrons. The molecule has 1 unspecified atom stereocenters. The van der Waals surface area contributed by atoms with Crippen molar-refractivity contribution in [3.63, 3.8) is 0 Å². The third-order valence-electron chi connectivity index (χ3n) is 4.54. The van der Waals surface area contributed by atoms with Crippen molar-refractivity contribution >= 4 is 18.3 Å². The zero-order chi connectivity index (χ0) is 14.2. The Hall–Kier alpha value is -1.14. The summed E-state index contributed by atoms with van der Waals surface area (Å²) in [5.41, 5.74) is 5.92. The molecule has 2 fully saturated rings. The van der Waals surface area contributed by atoms with Crippen molar-refractivity contribution in [3.05, 3.63) is 11.7 Å². The van der Waals surface area contributed by atoms with E-state index in [9.17, 15) is 4.79 Å².